The van der Waals surface area contributed by atoms with E-state index in [0.29, 0.717) is 0 Å². The van der Waals surface area contributed by atoms with Crippen molar-refractivity contribution in [2.45, 2.75) is 12.8 Å². The van der Waals surface area contributed by atoms with E-state index in [9.17, 15) is 0 Å². The highest BCUT2D eigenvalue weighted by Crippen LogP contribution is 2.29. The molecule has 92 valence electrons. The molecule has 1 aromatic carbocycles. The Labute approximate surface area is 115 Å². The maximum Gasteiger partial charge on any atom is 0.0593 e. The second-order valence-corrected chi connectivity index (χ2v) is 5.24. The summed E-state index contributed by atoms with van der Waals surface area (Å²) >= 11 is 3.49. The number of nitrogens with one attached hydrogen (secondary N) is 2. The van der Waals surface area contributed by atoms with Crippen LogP contribution in [0, 0.1) is 0 Å². The SMILES string of the molecule is Brc1cnccc1Nc1ccc2c(c1)CCCN2. The van der Waals surface area contributed by atoms with Crippen molar-refractivity contribution in [3.63, 3.8) is 0 Å². The molecule has 0 saturated carbocycles. The quantitative estimate of drug-likeness (QED) is 0.882. The Hall–Kier alpha value is -1.55. The molecule has 0 bridgehead atoms. The number of hydrogen-bond donors (Lipinski definition) is 2. The topological polar surface area (TPSA) is 37.0 Å². The third-order valence-corrected chi connectivity index (χ3v) is 3.73. The standard InChI is InChI=1S/C14H14BrN3/c15-12-9-16-7-5-14(12)18-11-3-4-13-10(8-11)2-1-6-17-13/h3-5,7-9,17H,1-2,6H2,(H,16,18). The van der Waals surface area contributed by atoms with Gasteiger partial charge < -0.3 is 10.6 Å². The minimum Gasteiger partial charge on any atom is -0.385 e. The van der Waals surface area contributed by atoms with Crippen molar-refractivity contribution in [3.05, 3.63) is 46.7 Å². The van der Waals surface area contributed by atoms with Crippen molar-refractivity contribution in [1.29, 1.82) is 0 Å². The predicted octanol–water partition coefficient (Wildman–Crippen LogP) is 3.95. The molecule has 3 nitrogen and oxygen atoms in total. The van der Waals surface area contributed by atoms with E-state index in [-0.39, 0.29) is 0 Å². The fourth-order valence-corrected chi connectivity index (χ4v) is 2.53. The molecule has 1 aliphatic heterocycles. The average Bonchev–Trinajstić information content (AvgIpc) is 2.41. The summed E-state index contributed by atoms with van der Waals surface area (Å²) in [6, 6.07) is 8.42. The third kappa shape index (κ3) is 2.34. The summed E-state index contributed by atoms with van der Waals surface area (Å²) in [7, 11) is 0. The molecule has 2 heterocycles. The number of halogens is 1. The van der Waals surface area contributed by atoms with Crippen molar-refractivity contribution in [3.8, 4) is 0 Å². The van der Waals surface area contributed by atoms with Gasteiger partial charge in [-0.25, -0.2) is 0 Å². The monoisotopic (exact) mass is 303 g/mol. The minimum atomic E-state index is 0.973. The lowest BCUT2D eigenvalue weighted by molar-refractivity contribution is 0.830. The number of aryl methyl sites for hydroxylation is 1. The second kappa shape index (κ2) is 4.98. The fourth-order valence-electron chi connectivity index (χ4n) is 2.18. The Morgan fingerprint density at radius 2 is 2.22 bits per heavy atom. The van der Waals surface area contributed by atoms with Crippen LogP contribution in [0.3, 0.4) is 0 Å². The zero-order chi connectivity index (χ0) is 12.4. The largest absolute Gasteiger partial charge is 0.385 e. The van der Waals surface area contributed by atoms with Gasteiger partial charge >= 0.3 is 0 Å². The number of pyridine rings is 1. The number of anilines is 3. The number of rotatable bonds is 2. The maximum absolute atomic E-state index is 4.06. The van der Waals surface area contributed by atoms with Crippen LogP contribution in [0.25, 0.3) is 0 Å². The third-order valence-electron chi connectivity index (χ3n) is 3.10. The Morgan fingerprint density at radius 1 is 1.28 bits per heavy atom. The molecule has 2 aromatic rings. The number of nitrogens with zero attached hydrogens (tertiary/aromatic N) is 1. The van der Waals surface area contributed by atoms with Crippen LogP contribution in [0.1, 0.15) is 12.0 Å². The van der Waals surface area contributed by atoms with Gasteiger partial charge in [-0.3, -0.25) is 4.98 Å². The van der Waals surface area contributed by atoms with Gasteiger partial charge in [0.05, 0.1) is 10.2 Å². The van der Waals surface area contributed by atoms with E-state index in [2.05, 4.69) is 49.7 Å². The lowest BCUT2D eigenvalue weighted by Gasteiger charge is -2.19. The molecule has 0 radical (unpaired) electrons. The van der Waals surface area contributed by atoms with Crippen LogP contribution >= 0.6 is 15.9 Å². The summed E-state index contributed by atoms with van der Waals surface area (Å²) in [4.78, 5) is 4.06. The van der Waals surface area contributed by atoms with E-state index in [1.54, 1.807) is 12.4 Å². The summed E-state index contributed by atoms with van der Waals surface area (Å²) in [5.41, 5.74) is 4.80. The van der Waals surface area contributed by atoms with Gasteiger partial charge in [0.25, 0.3) is 0 Å². The van der Waals surface area contributed by atoms with Crippen LogP contribution in [0.2, 0.25) is 0 Å². The highest BCUT2D eigenvalue weighted by atomic mass is 79.9. The van der Waals surface area contributed by atoms with Crippen molar-refractivity contribution < 1.29 is 0 Å². The van der Waals surface area contributed by atoms with E-state index in [1.165, 1.54) is 17.7 Å². The van der Waals surface area contributed by atoms with Crippen LogP contribution < -0.4 is 10.6 Å². The highest BCUT2D eigenvalue weighted by molar-refractivity contribution is 9.10. The van der Waals surface area contributed by atoms with Crippen LogP contribution in [-0.4, -0.2) is 11.5 Å². The molecule has 3 rings (SSSR count). The number of benzene rings is 1. The van der Waals surface area contributed by atoms with Crippen molar-refractivity contribution >= 4 is 33.0 Å². The first kappa shape index (κ1) is 11.5. The molecule has 18 heavy (non-hydrogen) atoms. The predicted molar refractivity (Wildman–Crippen MR) is 78.5 cm³/mol. The van der Waals surface area contributed by atoms with Crippen molar-refractivity contribution in [2.24, 2.45) is 0 Å². The fraction of sp³-hybridized carbons (Fsp3) is 0.214. The summed E-state index contributed by atoms with van der Waals surface area (Å²) < 4.78 is 0.973. The molecule has 0 unspecified atom stereocenters. The van der Waals surface area contributed by atoms with Gasteiger partial charge in [-0.1, -0.05) is 0 Å². The van der Waals surface area contributed by atoms with Crippen LogP contribution in [0.4, 0.5) is 17.1 Å². The molecule has 0 aliphatic carbocycles. The summed E-state index contributed by atoms with van der Waals surface area (Å²) in [5, 5.41) is 6.83. The lowest BCUT2D eigenvalue weighted by atomic mass is 10.0. The highest BCUT2D eigenvalue weighted by Gasteiger charge is 2.09. The van der Waals surface area contributed by atoms with Crippen molar-refractivity contribution in [2.75, 3.05) is 17.2 Å². The molecule has 0 amide bonds. The van der Waals surface area contributed by atoms with Crippen LogP contribution in [0.5, 0.6) is 0 Å². The Morgan fingerprint density at radius 3 is 3.11 bits per heavy atom. The van der Waals surface area contributed by atoms with Gasteiger partial charge in [0.15, 0.2) is 0 Å². The summed E-state index contributed by atoms with van der Waals surface area (Å²) in [5.74, 6) is 0. The summed E-state index contributed by atoms with van der Waals surface area (Å²) in [6.45, 7) is 1.08. The molecule has 1 aliphatic rings. The molecule has 1 aromatic heterocycles. The lowest BCUT2D eigenvalue weighted by Crippen LogP contribution is -2.11. The number of aromatic nitrogens is 1. The van der Waals surface area contributed by atoms with E-state index in [1.807, 2.05) is 6.07 Å². The molecular formula is C14H14BrN3. The van der Waals surface area contributed by atoms with Crippen LogP contribution in [0.15, 0.2) is 41.1 Å². The van der Waals surface area contributed by atoms with Crippen molar-refractivity contribution in [1.82, 2.24) is 4.98 Å². The van der Waals surface area contributed by atoms with E-state index in [4.69, 9.17) is 0 Å². The molecule has 0 spiro atoms. The first-order valence-corrected chi connectivity index (χ1v) is 6.85. The molecule has 2 N–H and O–H groups in total. The molecule has 0 fully saturated rings. The first-order chi connectivity index (χ1) is 8.83. The van der Waals surface area contributed by atoms with E-state index >= 15 is 0 Å². The normalized spacial score (nSPS) is 13.6. The van der Waals surface area contributed by atoms with Crippen LogP contribution in [-0.2, 0) is 6.42 Å². The number of fused-ring (bicyclic) bond motifs is 1. The van der Waals surface area contributed by atoms with Gasteiger partial charge in [-0.05, 0) is 58.6 Å². The smallest absolute Gasteiger partial charge is 0.0593 e. The van der Waals surface area contributed by atoms with E-state index in [0.717, 1.165) is 28.8 Å². The van der Waals surface area contributed by atoms with E-state index < -0.39 is 0 Å². The molecular weight excluding hydrogens is 290 g/mol. The zero-order valence-electron chi connectivity index (χ0n) is 9.91. The minimum absolute atomic E-state index is 0.973. The maximum atomic E-state index is 4.06. The van der Waals surface area contributed by atoms with Gasteiger partial charge in [0.2, 0.25) is 0 Å². The zero-order valence-corrected chi connectivity index (χ0v) is 11.5. The average molecular weight is 304 g/mol. The molecule has 0 saturated heterocycles. The Bertz CT molecular complexity index is 569. The van der Waals surface area contributed by atoms with Gasteiger partial charge in [-0.2, -0.15) is 0 Å². The Balaban J connectivity index is 1.87. The van der Waals surface area contributed by atoms with Gasteiger partial charge in [0, 0.05) is 30.3 Å². The van der Waals surface area contributed by atoms with Gasteiger partial charge in [0.1, 0.15) is 0 Å². The van der Waals surface area contributed by atoms with Gasteiger partial charge in [-0.15, -0.1) is 0 Å². The Kier molecular flexibility index (Phi) is 3.19. The molecule has 0 atom stereocenters. The first-order valence-electron chi connectivity index (χ1n) is 6.06. The molecule has 4 heteroatoms. The second-order valence-electron chi connectivity index (χ2n) is 4.38. The number of hydrogen-bond acceptors (Lipinski definition) is 3. The summed E-state index contributed by atoms with van der Waals surface area (Å²) in [6.07, 6.45) is 5.93.